The normalized spacial score (nSPS) is 19.1. The Kier molecular flexibility index (Phi) is 3.42. The number of likely N-dealkylation sites (tertiary alicyclic amines) is 1. The van der Waals surface area contributed by atoms with Crippen molar-refractivity contribution in [2.75, 3.05) is 13.1 Å². The van der Waals surface area contributed by atoms with Gasteiger partial charge in [-0.15, -0.1) is 0 Å². The van der Waals surface area contributed by atoms with Gasteiger partial charge in [0, 0.05) is 25.3 Å². The van der Waals surface area contributed by atoms with Gasteiger partial charge in [0.1, 0.15) is 11.6 Å². The Bertz CT molecular complexity index is 534. The molecule has 106 valence electrons. The van der Waals surface area contributed by atoms with Gasteiger partial charge >= 0.3 is 6.09 Å². The molecule has 0 aliphatic carbocycles. The van der Waals surface area contributed by atoms with Crippen LogP contribution in [0.5, 0.6) is 0 Å². The first-order chi connectivity index (χ1) is 9.69. The third-order valence-corrected chi connectivity index (χ3v) is 3.30. The van der Waals surface area contributed by atoms with Crippen LogP contribution in [0, 0.1) is 0 Å². The van der Waals surface area contributed by atoms with E-state index in [1.54, 1.807) is 9.47 Å². The van der Waals surface area contributed by atoms with Crippen molar-refractivity contribution in [3.8, 4) is 0 Å². The molecule has 19 heavy (non-hydrogen) atoms. The number of ether oxygens (including phenoxy) is 1. The topological polar surface area (TPSA) is 47.4 Å². The van der Waals surface area contributed by atoms with Crippen LogP contribution in [-0.2, 0) is 4.74 Å². The Hall–Kier alpha value is -1.04. The molecule has 1 amide bonds. The van der Waals surface area contributed by atoms with Crippen LogP contribution in [0.3, 0.4) is 0 Å². The van der Waals surface area contributed by atoms with Gasteiger partial charge in [0.15, 0.2) is 0 Å². The Balaban J connectivity index is 1.99. The van der Waals surface area contributed by atoms with E-state index < -0.39 is 5.60 Å². The lowest BCUT2D eigenvalue weighted by Crippen LogP contribution is -2.42. The Morgan fingerprint density at radius 1 is 1.53 bits per heavy atom. The van der Waals surface area contributed by atoms with Crippen molar-refractivity contribution in [2.45, 2.75) is 45.3 Å². The number of nitrogens with zero attached hydrogens (tertiary/aromatic N) is 3. The molecule has 6 heteroatoms. The van der Waals surface area contributed by atoms with Gasteiger partial charge in [0.25, 0.3) is 0 Å². The summed E-state index contributed by atoms with van der Waals surface area (Å²) in [5.41, 5.74) is -0.494. The zero-order valence-electron chi connectivity index (χ0n) is 13.4. The Morgan fingerprint density at radius 3 is 2.63 bits per heavy atom. The molecule has 0 spiro atoms. The molecule has 2 heterocycles. The van der Waals surface area contributed by atoms with Gasteiger partial charge in [-0.2, -0.15) is 0 Å². The number of hydrogen-bond acceptors (Lipinski definition) is 3. The fraction of sp³-hybridized carbons (Fsp3) is 0.692. The number of carbonyl (C=O) groups is 1. The second kappa shape index (κ2) is 5.53. The lowest BCUT2D eigenvalue weighted by molar-refractivity contribution is 0.0188. The molecule has 0 atom stereocenters. The molecule has 0 saturated carbocycles. The maximum absolute atomic E-state index is 12.0. The third-order valence-electron chi connectivity index (χ3n) is 2.95. The minimum absolute atomic E-state index is 0.0301. The minimum atomic E-state index is -0.494. The van der Waals surface area contributed by atoms with E-state index in [4.69, 9.17) is 7.48 Å². The molecule has 0 bridgehead atoms. The van der Waals surface area contributed by atoms with E-state index >= 15 is 0 Å². The van der Waals surface area contributed by atoms with Gasteiger partial charge in [0.05, 0.1) is 7.67 Å². The fourth-order valence-electron chi connectivity index (χ4n) is 2.05. The standard InChI is InChI=1S/C13H20BrN3O2/c1-13(2,3)19-12(18)16-6-4-10(5-7-16)17-8-11(14)15-9-17/h8-10H,4-7H2,1-3H3/i8D,9D. The first-order valence-corrected chi connectivity index (χ1v) is 7.17. The van der Waals surface area contributed by atoms with Gasteiger partial charge in [-0.25, -0.2) is 9.78 Å². The summed E-state index contributed by atoms with van der Waals surface area (Å²) in [7, 11) is 0. The van der Waals surface area contributed by atoms with Crippen molar-refractivity contribution >= 4 is 22.0 Å². The predicted octanol–water partition coefficient (Wildman–Crippen LogP) is 3.22. The molecule has 1 saturated heterocycles. The molecule has 1 aliphatic heterocycles. The number of piperidine rings is 1. The van der Waals surface area contributed by atoms with Crippen LogP contribution in [0.2, 0.25) is 0 Å². The van der Waals surface area contributed by atoms with E-state index in [2.05, 4.69) is 20.9 Å². The molecule has 0 radical (unpaired) electrons. The summed E-state index contributed by atoms with van der Waals surface area (Å²) in [6, 6.07) is 0.0301. The smallest absolute Gasteiger partial charge is 0.410 e. The predicted molar refractivity (Wildman–Crippen MR) is 76.0 cm³/mol. The summed E-state index contributed by atoms with van der Waals surface area (Å²) >= 11 is 3.18. The molecule has 5 nitrogen and oxygen atoms in total. The first kappa shape index (κ1) is 11.8. The second-order valence-corrected chi connectivity index (χ2v) is 6.43. The number of imidazole rings is 1. The molecule has 1 fully saturated rings. The second-order valence-electron chi connectivity index (χ2n) is 5.68. The maximum atomic E-state index is 12.0. The summed E-state index contributed by atoms with van der Waals surface area (Å²) in [5, 5.41) is 0. The molecule has 2 rings (SSSR count). The fourth-order valence-corrected chi connectivity index (χ4v) is 2.32. The van der Waals surface area contributed by atoms with Crippen molar-refractivity contribution in [2.24, 2.45) is 0 Å². The van der Waals surface area contributed by atoms with Crippen LogP contribution in [0.1, 0.15) is 42.4 Å². The Morgan fingerprint density at radius 2 is 2.16 bits per heavy atom. The molecule has 1 aromatic heterocycles. The van der Waals surface area contributed by atoms with Crippen molar-refractivity contribution in [1.82, 2.24) is 14.5 Å². The lowest BCUT2D eigenvalue weighted by Gasteiger charge is -2.33. The molecule has 1 aliphatic rings. The summed E-state index contributed by atoms with van der Waals surface area (Å²) < 4.78 is 23.1. The molecule has 1 aromatic rings. The SMILES string of the molecule is [2H]c1nc(Br)c([2H])n1C1CCN(C(=O)OC(C)(C)C)CC1. The molecule has 0 aromatic carbocycles. The quantitative estimate of drug-likeness (QED) is 0.793. The zero-order valence-corrected chi connectivity index (χ0v) is 13.0. The molecule has 0 N–H and O–H groups in total. The minimum Gasteiger partial charge on any atom is -0.444 e. The van der Waals surface area contributed by atoms with Crippen LogP contribution in [0.4, 0.5) is 4.79 Å². The maximum Gasteiger partial charge on any atom is 0.410 e. The van der Waals surface area contributed by atoms with Crippen LogP contribution in [-0.4, -0.2) is 39.2 Å². The van der Waals surface area contributed by atoms with Gasteiger partial charge in [0.2, 0.25) is 0 Å². The molecular weight excluding hydrogens is 310 g/mol. The molecular formula is C13H20BrN3O2. The number of halogens is 1. The van der Waals surface area contributed by atoms with Crippen molar-refractivity contribution in [1.29, 1.82) is 0 Å². The zero-order chi connectivity index (χ0) is 15.8. The van der Waals surface area contributed by atoms with E-state index in [1.807, 2.05) is 20.8 Å². The van der Waals surface area contributed by atoms with Gasteiger partial charge < -0.3 is 14.2 Å². The number of amides is 1. The van der Waals surface area contributed by atoms with E-state index in [1.165, 1.54) is 0 Å². The average Bonchev–Trinajstić information content (AvgIpc) is 2.61. The van der Waals surface area contributed by atoms with E-state index in [0.717, 1.165) is 0 Å². The highest BCUT2D eigenvalue weighted by atomic mass is 79.9. The summed E-state index contributed by atoms with van der Waals surface area (Å²) in [4.78, 5) is 17.6. The summed E-state index contributed by atoms with van der Waals surface area (Å²) in [6.45, 7) is 6.67. The molecule has 0 unspecified atom stereocenters. The van der Waals surface area contributed by atoms with E-state index in [9.17, 15) is 4.79 Å². The monoisotopic (exact) mass is 331 g/mol. The first-order valence-electron chi connectivity index (χ1n) is 7.38. The lowest BCUT2D eigenvalue weighted by atomic mass is 10.1. The van der Waals surface area contributed by atoms with Crippen molar-refractivity contribution < 1.29 is 12.3 Å². The number of aromatic nitrogens is 2. The van der Waals surface area contributed by atoms with Crippen molar-refractivity contribution in [3.63, 3.8) is 0 Å². The summed E-state index contributed by atoms with van der Waals surface area (Å²) in [5.74, 6) is 0. The van der Waals surface area contributed by atoms with Gasteiger partial charge in [-0.05, 0) is 49.5 Å². The Labute approximate surface area is 124 Å². The average molecular weight is 332 g/mol. The van der Waals surface area contributed by atoms with E-state index in [-0.39, 0.29) is 24.6 Å². The van der Waals surface area contributed by atoms with Crippen molar-refractivity contribution in [3.05, 3.63) is 17.1 Å². The highest BCUT2D eigenvalue weighted by Gasteiger charge is 2.27. The number of rotatable bonds is 1. The van der Waals surface area contributed by atoms with E-state index in [0.29, 0.717) is 30.5 Å². The van der Waals surface area contributed by atoms with Gasteiger partial charge in [-0.1, -0.05) is 0 Å². The third kappa shape index (κ3) is 3.96. The largest absolute Gasteiger partial charge is 0.444 e. The highest BCUT2D eigenvalue weighted by Crippen LogP contribution is 2.24. The van der Waals surface area contributed by atoms with Crippen LogP contribution in [0.15, 0.2) is 17.1 Å². The van der Waals surface area contributed by atoms with Crippen LogP contribution >= 0.6 is 15.9 Å². The van der Waals surface area contributed by atoms with Crippen LogP contribution in [0.25, 0.3) is 0 Å². The van der Waals surface area contributed by atoms with Crippen LogP contribution < -0.4 is 0 Å². The summed E-state index contributed by atoms with van der Waals surface area (Å²) in [6.07, 6.45) is 1.39. The number of carbonyl (C=O) groups excluding carboxylic acids is 1. The highest BCUT2D eigenvalue weighted by molar-refractivity contribution is 9.10. The van der Waals surface area contributed by atoms with Gasteiger partial charge in [-0.3, -0.25) is 0 Å². The number of hydrogen-bond donors (Lipinski definition) is 0.